The Bertz CT molecular complexity index is 691. The molecule has 4 heteroatoms. The molecule has 17 heavy (non-hydrogen) atoms. The van der Waals surface area contributed by atoms with Gasteiger partial charge in [-0.2, -0.15) is 0 Å². The van der Waals surface area contributed by atoms with E-state index in [-0.39, 0.29) is 5.82 Å². The molecule has 0 spiro atoms. The van der Waals surface area contributed by atoms with Crippen LogP contribution in [0.2, 0.25) is 0 Å². The highest BCUT2D eigenvalue weighted by atomic mass is 79.9. The van der Waals surface area contributed by atoms with Crippen molar-refractivity contribution in [2.75, 3.05) is 0 Å². The number of imidazole rings is 1. The zero-order valence-electron chi connectivity index (χ0n) is 8.77. The van der Waals surface area contributed by atoms with Gasteiger partial charge in [0.15, 0.2) is 0 Å². The number of fused-ring (bicyclic) bond motifs is 1. The highest BCUT2D eigenvalue weighted by molar-refractivity contribution is 9.10. The Morgan fingerprint density at radius 1 is 1.12 bits per heavy atom. The Morgan fingerprint density at radius 3 is 2.76 bits per heavy atom. The summed E-state index contributed by atoms with van der Waals surface area (Å²) in [6, 6.07) is 12.3. The SMILES string of the molecule is Fc1cccc(-c2ncc3cccc(Br)n23)c1. The largest absolute Gasteiger partial charge is 0.287 e. The van der Waals surface area contributed by atoms with Crippen LogP contribution in [0.15, 0.2) is 53.3 Å². The van der Waals surface area contributed by atoms with Gasteiger partial charge >= 0.3 is 0 Å². The number of halogens is 2. The molecule has 0 atom stereocenters. The minimum Gasteiger partial charge on any atom is -0.287 e. The average molecular weight is 291 g/mol. The van der Waals surface area contributed by atoms with E-state index in [4.69, 9.17) is 0 Å². The molecule has 0 aliphatic carbocycles. The van der Waals surface area contributed by atoms with Crippen molar-refractivity contribution in [3.05, 3.63) is 59.1 Å². The van der Waals surface area contributed by atoms with E-state index < -0.39 is 0 Å². The number of benzene rings is 1. The lowest BCUT2D eigenvalue weighted by atomic mass is 10.2. The van der Waals surface area contributed by atoms with Crippen molar-refractivity contribution < 1.29 is 4.39 Å². The number of hydrogen-bond acceptors (Lipinski definition) is 1. The number of aromatic nitrogens is 2. The molecule has 3 aromatic rings. The number of hydrogen-bond donors (Lipinski definition) is 0. The highest BCUT2D eigenvalue weighted by Gasteiger charge is 2.08. The summed E-state index contributed by atoms with van der Waals surface area (Å²) < 4.78 is 16.0. The fourth-order valence-corrected chi connectivity index (χ4v) is 2.36. The van der Waals surface area contributed by atoms with E-state index in [1.807, 2.05) is 28.7 Å². The number of rotatable bonds is 1. The first-order valence-corrected chi connectivity index (χ1v) is 5.93. The van der Waals surface area contributed by atoms with Gasteiger partial charge in [-0.15, -0.1) is 0 Å². The first-order valence-electron chi connectivity index (χ1n) is 5.13. The molecule has 84 valence electrons. The summed E-state index contributed by atoms with van der Waals surface area (Å²) in [6.45, 7) is 0. The van der Waals surface area contributed by atoms with E-state index in [0.717, 1.165) is 21.5 Å². The van der Waals surface area contributed by atoms with Gasteiger partial charge in [0.25, 0.3) is 0 Å². The van der Waals surface area contributed by atoms with Crippen molar-refractivity contribution in [2.45, 2.75) is 0 Å². The lowest BCUT2D eigenvalue weighted by Gasteiger charge is -2.03. The summed E-state index contributed by atoms with van der Waals surface area (Å²) in [4.78, 5) is 4.33. The molecule has 2 aromatic heterocycles. The van der Waals surface area contributed by atoms with E-state index in [1.165, 1.54) is 12.1 Å². The smallest absolute Gasteiger partial charge is 0.145 e. The first-order chi connectivity index (χ1) is 8.25. The lowest BCUT2D eigenvalue weighted by molar-refractivity contribution is 0.628. The fourth-order valence-electron chi connectivity index (χ4n) is 1.84. The van der Waals surface area contributed by atoms with Gasteiger partial charge in [0.1, 0.15) is 11.6 Å². The van der Waals surface area contributed by atoms with Gasteiger partial charge in [-0.3, -0.25) is 4.40 Å². The quantitative estimate of drug-likeness (QED) is 0.621. The van der Waals surface area contributed by atoms with Crippen LogP contribution in [0.4, 0.5) is 4.39 Å². The Hall–Kier alpha value is -1.68. The first kappa shape index (κ1) is 10.5. The molecule has 0 saturated carbocycles. The maximum absolute atomic E-state index is 13.2. The fraction of sp³-hybridized carbons (Fsp3) is 0. The van der Waals surface area contributed by atoms with Crippen molar-refractivity contribution in [3.8, 4) is 11.4 Å². The van der Waals surface area contributed by atoms with E-state index in [2.05, 4.69) is 20.9 Å². The Morgan fingerprint density at radius 2 is 1.94 bits per heavy atom. The number of pyridine rings is 1. The second-order valence-corrected chi connectivity index (χ2v) is 4.51. The molecule has 0 aliphatic heterocycles. The van der Waals surface area contributed by atoms with Gasteiger partial charge in [0.2, 0.25) is 0 Å². The second kappa shape index (κ2) is 3.96. The van der Waals surface area contributed by atoms with E-state index in [9.17, 15) is 4.39 Å². The summed E-state index contributed by atoms with van der Waals surface area (Å²) in [5.74, 6) is 0.471. The van der Waals surface area contributed by atoms with Crippen LogP contribution in [-0.2, 0) is 0 Å². The standard InChI is InChI=1S/C13H8BrFN2/c14-12-6-2-5-11-8-16-13(17(11)12)9-3-1-4-10(15)7-9/h1-8H. The van der Waals surface area contributed by atoms with Crippen molar-refractivity contribution >= 4 is 21.4 Å². The Balaban J connectivity index is 2.31. The molecule has 3 rings (SSSR count). The molecule has 0 fully saturated rings. The maximum Gasteiger partial charge on any atom is 0.145 e. The number of nitrogens with zero attached hydrogens (tertiary/aromatic N) is 2. The average Bonchev–Trinajstić information content (AvgIpc) is 2.74. The topological polar surface area (TPSA) is 17.3 Å². The zero-order chi connectivity index (χ0) is 11.8. The van der Waals surface area contributed by atoms with Crippen LogP contribution in [0.25, 0.3) is 16.9 Å². The second-order valence-electron chi connectivity index (χ2n) is 3.70. The molecular formula is C13H8BrFN2. The van der Waals surface area contributed by atoms with Crippen LogP contribution in [0, 0.1) is 5.82 Å². The van der Waals surface area contributed by atoms with E-state index in [0.29, 0.717) is 0 Å². The summed E-state index contributed by atoms with van der Waals surface area (Å²) in [7, 11) is 0. The van der Waals surface area contributed by atoms with Gasteiger partial charge < -0.3 is 0 Å². The van der Waals surface area contributed by atoms with Crippen LogP contribution in [0.3, 0.4) is 0 Å². The summed E-state index contributed by atoms with van der Waals surface area (Å²) >= 11 is 3.47. The van der Waals surface area contributed by atoms with Crippen LogP contribution in [0.5, 0.6) is 0 Å². The van der Waals surface area contributed by atoms with Crippen LogP contribution >= 0.6 is 15.9 Å². The summed E-state index contributed by atoms with van der Waals surface area (Å²) in [5, 5.41) is 0. The van der Waals surface area contributed by atoms with Crippen LogP contribution in [0.1, 0.15) is 0 Å². The van der Waals surface area contributed by atoms with Crippen molar-refractivity contribution in [1.82, 2.24) is 9.38 Å². The highest BCUT2D eigenvalue weighted by Crippen LogP contribution is 2.24. The van der Waals surface area contributed by atoms with Gasteiger partial charge in [0, 0.05) is 5.56 Å². The molecule has 0 unspecified atom stereocenters. The predicted octanol–water partition coefficient (Wildman–Crippen LogP) is 3.90. The van der Waals surface area contributed by atoms with E-state index >= 15 is 0 Å². The lowest BCUT2D eigenvalue weighted by Crippen LogP contribution is -1.91. The zero-order valence-corrected chi connectivity index (χ0v) is 10.4. The maximum atomic E-state index is 13.2. The normalized spacial score (nSPS) is 10.9. The van der Waals surface area contributed by atoms with Crippen molar-refractivity contribution in [1.29, 1.82) is 0 Å². The van der Waals surface area contributed by atoms with Crippen molar-refractivity contribution in [3.63, 3.8) is 0 Å². The molecule has 2 nitrogen and oxygen atoms in total. The minimum absolute atomic E-state index is 0.258. The molecule has 0 N–H and O–H groups in total. The summed E-state index contributed by atoms with van der Waals surface area (Å²) in [6.07, 6.45) is 1.77. The molecule has 0 saturated heterocycles. The van der Waals surface area contributed by atoms with Gasteiger partial charge in [-0.25, -0.2) is 9.37 Å². The Kier molecular flexibility index (Phi) is 2.44. The minimum atomic E-state index is -0.258. The molecule has 0 radical (unpaired) electrons. The molecule has 2 heterocycles. The van der Waals surface area contributed by atoms with Crippen LogP contribution in [-0.4, -0.2) is 9.38 Å². The van der Waals surface area contributed by atoms with Gasteiger partial charge in [-0.1, -0.05) is 18.2 Å². The predicted molar refractivity (Wildman–Crippen MR) is 68.3 cm³/mol. The molecule has 0 amide bonds. The Labute approximate surface area is 106 Å². The molecule has 1 aromatic carbocycles. The molecule has 0 bridgehead atoms. The van der Waals surface area contributed by atoms with Gasteiger partial charge in [0.05, 0.1) is 16.3 Å². The third kappa shape index (κ3) is 1.74. The van der Waals surface area contributed by atoms with Crippen molar-refractivity contribution in [2.24, 2.45) is 0 Å². The van der Waals surface area contributed by atoms with E-state index in [1.54, 1.807) is 12.3 Å². The molecular weight excluding hydrogens is 283 g/mol. The van der Waals surface area contributed by atoms with Crippen LogP contribution < -0.4 is 0 Å². The third-order valence-corrected chi connectivity index (χ3v) is 3.21. The molecule has 0 aliphatic rings. The summed E-state index contributed by atoms with van der Waals surface area (Å²) in [5.41, 5.74) is 1.73. The third-order valence-electron chi connectivity index (χ3n) is 2.59. The van der Waals surface area contributed by atoms with Gasteiger partial charge in [-0.05, 0) is 40.2 Å². The monoisotopic (exact) mass is 290 g/mol.